The van der Waals surface area contributed by atoms with Gasteiger partial charge in [-0.25, -0.2) is 4.99 Å². The molecule has 1 fully saturated rings. The summed E-state index contributed by atoms with van der Waals surface area (Å²) >= 11 is 0. The number of benzene rings is 1. The fraction of sp³-hybridized carbons (Fsp3) is 0.600. The molecule has 7 heteroatoms. The molecule has 2 N–H and O–H groups in total. The van der Waals surface area contributed by atoms with Crippen molar-refractivity contribution >= 4 is 5.96 Å². The third-order valence-electron chi connectivity index (χ3n) is 6.17. The lowest BCUT2D eigenvalue weighted by atomic mass is 10.1. The fourth-order valence-electron chi connectivity index (χ4n) is 4.28. The predicted molar refractivity (Wildman–Crippen MR) is 130 cm³/mol. The summed E-state index contributed by atoms with van der Waals surface area (Å²) in [7, 11) is 3.68. The number of methoxy groups -OCH3 is 1. The van der Waals surface area contributed by atoms with Crippen LogP contribution in [0.2, 0.25) is 0 Å². The molecule has 1 aromatic carbocycles. The molecular formula is C25H39N5O2. The first-order valence-corrected chi connectivity index (χ1v) is 11.8. The van der Waals surface area contributed by atoms with Crippen molar-refractivity contribution in [3.05, 3.63) is 40.7 Å². The summed E-state index contributed by atoms with van der Waals surface area (Å²) in [6, 6.07) is 6.24. The summed E-state index contributed by atoms with van der Waals surface area (Å²) < 4.78 is 13.7. The zero-order chi connectivity index (χ0) is 23.1. The number of hydrogen-bond acceptors (Lipinski definition) is 4. The number of rotatable bonds is 9. The maximum absolute atomic E-state index is 6.33. The lowest BCUT2D eigenvalue weighted by molar-refractivity contribution is 0.207. The van der Waals surface area contributed by atoms with Crippen LogP contribution < -0.4 is 20.1 Å². The zero-order valence-electron chi connectivity index (χ0n) is 20.5. The van der Waals surface area contributed by atoms with Crippen molar-refractivity contribution in [3.8, 4) is 11.5 Å². The van der Waals surface area contributed by atoms with Crippen LogP contribution in [0.1, 0.15) is 62.0 Å². The van der Waals surface area contributed by atoms with E-state index in [-0.39, 0.29) is 6.04 Å². The molecule has 1 heterocycles. The highest BCUT2D eigenvalue weighted by Crippen LogP contribution is 2.30. The Morgan fingerprint density at radius 2 is 2.03 bits per heavy atom. The van der Waals surface area contributed by atoms with Crippen LogP contribution >= 0.6 is 0 Å². The minimum Gasteiger partial charge on any atom is -0.497 e. The van der Waals surface area contributed by atoms with Gasteiger partial charge in [0.05, 0.1) is 25.5 Å². The molecule has 1 aliphatic carbocycles. The summed E-state index contributed by atoms with van der Waals surface area (Å²) in [4.78, 5) is 4.86. The number of aryl methyl sites for hydroxylation is 2. The van der Waals surface area contributed by atoms with Crippen LogP contribution in [0.4, 0.5) is 0 Å². The van der Waals surface area contributed by atoms with Gasteiger partial charge in [-0.15, -0.1) is 0 Å². The van der Waals surface area contributed by atoms with Crippen molar-refractivity contribution in [2.75, 3.05) is 13.7 Å². The summed E-state index contributed by atoms with van der Waals surface area (Å²) in [5, 5.41) is 11.5. The molecule has 1 aromatic heterocycles. The van der Waals surface area contributed by atoms with Crippen LogP contribution in [0.25, 0.3) is 0 Å². The molecule has 0 amide bonds. The average molecular weight is 442 g/mol. The van der Waals surface area contributed by atoms with Crippen LogP contribution in [0.15, 0.2) is 23.2 Å². The van der Waals surface area contributed by atoms with E-state index in [9.17, 15) is 0 Å². The first-order chi connectivity index (χ1) is 15.4. The van der Waals surface area contributed by atoms with Crippen LogP contribution in [0, 0.1) is 13.8 Å². The largest absolute Gasteiger partial charge is 0.497 e. The molecule has 32 heavy (non-hydrogen) atoms. The molecule has 2 aromatic rings. The minimum atomic E-state index is 0.222. The molecule has 0 radical (unpaired) electrons. The molecule has 0 saturated heterocycles. The Labute approximate surface area is 192 Å². The topological polar surface area (TPSA) is 72.7 Å². The van der Waals surface area contributed by atoms with Gasteiger partial charge in [-0.3, -0.25) is 4.68 Å². The number of aliphatic imine (C=N–C) groups is 1. The zero-order valence-corrected chi connectivity index (χ0v) is 20.5. The van der Waals surface area contributed by atoms with E-state index in [2.05, 4.69) is 49.5 Å². The van der Waals surface area contributed by atoms with Crippen molar-refractivity contribution in [1.29, 1.82) is 0 Å². The highest BCUT2D eigenvalue weighted by molar-refractivity contribution is 5.80. The standard InChI is InChI=1S/C25H39N5O2/c1-7-26-25(28-17(2)14-23-18(3)29-30(5)19(23)4)27-16-20-12-13-22(31-6)15-24(20)32-21-10-8-9-11-21/h12-13,15,17,21H,7-11,14,16H2,1-6H3,(H2,26,27,28). The smallest absolute Gasteiger partial charge is 0.191 e. The third-order valence-corrected chi connectivity index (χ3v) is 6.17. The van der Waals surface area contributed by atoms with Gasteiger partial charge in [0.2, 0.25) is 0 Å². The molecule has 1 saturated carbocycles. The van der Waals surface area contributed by atoms with E-state index >= 15 is 0 Å². The molecule has 7 nitrogen and oxygen atoms in total. The van der Waals surface area contributed by atoms with E-state index in [0.29, 0.717) is 12.6 Å². The SMILES string of the molecule is CCNC(=NCc1ccc(OC)cc1OC1CCCC1)NC(C)Cc1c(C)nn(C)c1C. The van der Waals surface area contributed by atoms with Crippen LogP contribution in [-0.2, 0) is 20.0 Å². The van der Waals surface area contributed by atoms with Gasteiger partial charge in [-0.2, -0.15) is 5.10 Å². The van der Waals surface area contributed by atoms with Gasteiger partial charge in [0.15, 0.2) is 5.96 Å². The Kier molecular flexibility index (Phi) is 8.42. The molecule has 176 valence electrons. The fourth-order valence-corrected chi connectivity index (χ4v) is 4.28. The maximum atomic E-state index is 6.33. The lowest BCUT2D eigenvalue weighted by Gasteiger charge is -2.19. The predicted octanol–water partition coefficient (Wildman–Crippen LogP) is 4.05. The molecule has 0 aliphatic heterocycles. The van der Waals surface area contributed by atoms with E-state index in [1.807, 2.05) is 23.9 Å². The number of nitrogens with zero attached hydrogens (tertiary/aromatic N) is 3. The maximum Gasteiger partial charge on any atom is 0.191 e. The Bertz CT molecular complexity index is 915. The first-order valence-electron chi connectivity index (χ1n) is 11.8. The van der Waals surface area contributed by atoms with E-state index in [1.165, 1.54) is 24.1 Å². The van der Waals surface area contributed by atoms with Crippen LogP contribution in [0.5, 0.6) is 11.5 Å². The van der Waals surface area contributed by atoms with Crippen molar-refractivity contribution in [1.82, 2.24) is 20.4 Å². The van der Waals surface area contributed by atoms with Crippen molar-refractivity contribution in [2.45, 2.75) is 78.5 Å². The van der Waals surface area contributed by atoms with Crippen molar-refractivity contribution in [2.24, 2.45) is 12.0 Å². The highest BCUT2D eigenvalue weighted by atomic mass is 16.5. The van der Waals surface area contributed by atoms with E-state index < -0.39 is 0 Å². The van der Waals surface area contributed by atoms with E-state index in [1.54, 1.807) is 7.11 Å². The van der Waals surface area contributed by atoms with Gasteiger partial charge in [-0.05, 0) is 77.5 Å². The number of nitrogens with one attached hydrogen (secondary N) is 2. The summed E-state index contributed by atoms with van der Waals surface area (Å²) in [6.45, 7) is 9.80. The average Bonchev–Trinajstić information content (AvgIpc) is 3.36. The molecule has 1 atom stereocenters. The Morgan fingerprint density at radius 1 is 1.28 bits per heavy atom. The molecule has 0 bridgehead atoms. The summed E-state index contributed by atoms with van der Waals surface area (Å²) in [5.41, 5.74) is 4.67. The normalized spacial score (nSPS) is 15.6. The third kappa shape index (κ3) is 6.17. The molecule has 0 spiro atoms. The van der Waals surface area contributed by atoms with Crippen LogP contribution in [-0.4, -0.2) is 41.5 Å². The number of guanidine groups is 1. The van der Waals surface area contributed by atoms with Gasteiger partial charge >= 0.3 is 0 Å². The minimum absolute atomic E-state index is 0.222. The second-order valence-corrected chi connectivity index (χ2v) is 8.72. The quantitative estimate of drug-likeness (QED) is 0.454. The van der Waals surface area contributed by atoms with Gasteiger partial charge in [0.1, 0.15) is 11.5 Å². The molecular weight excluding hydrogens is 402 g/mol. The Balaban J connectivity index is 1.71. The van der Waals surface area contributed by atoms with E-state index in [0.717, 1.165) is 54.5 Å². The first kappa shape index (κ1) is 24.0. The molecule has 1 aliphatic rings. The molecule has 3 rings (SSSR count). The summed E-state index contributed by atoms with van der Waals surface area (Å²) in [6.07, 6.45) is 5.91. The number of hydrogen-bond donors (Lipinski definition) is 2. The van der Waals surface area contributed by atoms with Gasteiger partial charge in [0, 0.05) is 37.0 Å². The summed E-state index contributed by atoms with van der Waals surface area (Å²) in [5.74, 6) is 2.50. The Morgan fingerprint density at radius 3 is 2.66 bits per heavy atom. The van der Waals surface area contributed by atoms with Crippen molar-refractivity contribution < 1.29 is 9.47 Å². The van der Waals surface area contributed by atoms with E-state index in [4.69, 9.17) is 14.5 Å². The highest BCUT2D eigenvalue weighted by Gasteiger charge is 2.19. The van der Waals surface area contributed by atoms with Crippen molar-refractivity contribution in [3.63, 3.8) is 0 Å². The lowest BCUT2D eigenvalue weighted by Crippen LogP contribution is -2.43. The Hall–Kier alpha value is -2.70. The van der Waals surface area contributed by atoms with Crippen LogP contribution in [0.3, 0.4) is 0 Å². The second-order valence-electron chi connectivity index (χ2n) is 8.72. The van der Waals surface area contributed by atoms with Gasteiger partial charge in [0.25, 0.3) is 0 Å². The number of aromatic nitrogens is 2. The second kappa shape index (κ2) is 11.2. The molecule has 1 unspecified atom stereocenters. The number of ether oxygens (including phenoxy) is 2. The van der Waals surface area contributed by atoms with Gasteiger partial charge < -0.3 is 20.1 Å². The van der Waals surface area contributed by atoms with Gasteiger partial charge in [-0.1, -0.05) is 0 Å². The monoisotopic (exact) mass is 441 g/mol.